The zero-order valence-electron chi connectivity index (χ0n) is 17.6. The fourth-order valence-electron chi connectivity index (χ4n) is 3.33. The van der Waals surface area contributed by atoms with Gasteiger partial charge in [-0.1, -0.05) is 91.0 Å². The Labute approximate surface area is 178 Å². The second-order valence-electron chi connectivity index (χ2n) is 7.64. The lowest BCUT2D eigenvalue weighted by Crippen LogP contribution is -2.47. The molecular formula is C26H28N2O2. The van der Waals surface area contributed by atoms with Gasteiger partial charge in [0.1, 0.15) is 0 Å². The van der Waals surface area contributed by atoms with Crippen molar-refractivity contribution in [2.24, 2.45) is 0 Å². The summed E-state index contributed by atoms with van der Waals surface area (Å²) in [5.41, 5.74) is 2.99. The van der Waals surface area contributed by atoms with Crippen molar-refractivity contribution in [3.8, 4) is 0 Å². The maximum Gasteiger partial charge on any atom is 0.312 e. The second-order valence-corrected chi connectivity index (χ2v) is 7.64. The van der Waals surface area contributed by atoms with E-state index in [0.29, 0.717) is 19.6 Å². The quantitative estimate of drug-likeness (QED) is 0.542. The normalized spacial score (nSPS) is 10.6. The highest BCUT2D eigenvalue weighted by Gasteiger charge is 2.29. The van der Waals surface area contributed by atoms with Gasteiger partial charge in [-0.3, -0.25) is 9.59 Å². The van der Waals surface area contributed by atoms with Crippen molar-refractivity contribution >= 4 is 11.8 Å². The summed E-state index contributed by atoms with van der Waals surface area (Å²) in [5, 5.41) is 0. The third-order valence-corrected chi connectivity index (χ3v) is 4.98. The van der Waals surface area contributed by atoms with Gasteiger partial charge in [0.25, 0.3) is 0 Å². The van der Waals surface area contributed by atoms with Crippen molar-refractivity contribution in [3.63, 3.8) is 0 Å². The molecule has 30 heavy (non-hydrogen) atoms. The van der Waals surface area contributed by atoms with Crippen molar-refractivity contribution < 1.29 is 9.59 Å². The van der Waals surface area contributed by atoms with Crippen LogP contribution in [0.25, 0.3) is 0 Å². The topological polar surface area (TPSA) is 40.6 Å². The molecule has 4 nitrogen and oxygen atoms in total. The summed E-state index contributed by atoms with van der Waals surface area (Å²) in [4.78, 5) is 29.8. The first-order chi connectivity index (χ1) is 14.5. The number of carbonyl (C=O) groups excluding carboxylic acids is 2. The molecule has 0 aliphatic carbocycles. The molecule has 3 aromatic rings. The molecule has 0 saturated heterocycles. The van der Waals surface area contributed by atoms with Crippen LogP contribution < -0.4 is 0 Å². The first kappa shape index (κ1) is 21.3. The Kier molecular flexibility index (Phi) is 7.39. The van der Waals surface area contributed by atoms with Crippen LogP contribution in [0.1, 0.15) is 30.5 Å². The van der Waals surface area contributed by atoms with Gasteiger partial charge in [-0.15, -0.1) is 0 Å². The molecule has 154 valence electrons. The summed E-state index contributed by atoms with van der Waals surface area (Å²) in [7, 11) is 0. The Balaban J connectivity index is 1.82. The number of rotatable bonds is 7. The summed E-state index contributed by atoms with van der Waals surface area (Å²) < 4.78 is 0. The molecule has 0 aliphatic heterocycles. The third-order valence-electron chi connectivity index (χ3n) is 4.98. The van der Waals surface area contributed by atoms with E-state index in [2.05, 4.69) is 0 Å². The van der Waals surface area contributed by atoms with Gasteiger partial charge in [0.05, 0.1) is 0 Å². The van der Waals surface area contributed by atoms with E-state index in [0.717, 1.165) is 16.7 Å². The van der Waals surface area contributed by atoms with Gasteiger partial charge >= 0.3 is 11.8 Å². The van der Waals surface area contributed by atoms with Crippen LogP contribution in [0.3, 0.4) is 0 Å². The average molecular weight is 401 g/mol. The lowest BCUT2D eigenvalue weighted by atomic mass is 10.1. The second kappa shape index (κ2) is 10.4. The molecule has 0 fully saturated rings. The van der Waals surface area contributed by atoms with E-state index in [1.165, 1.54) is 0 Å². The molecule has 2 amide bonds. The van der Waals surface area contributed by atoms with Crippen LogP contribution in [0.15, 0.2) is 91.0 Å². The highest BCUT2D eigenvalue weighted by molar-refractivity contribution is 6.34. The molecular weight excluding hydrogens is 372 g/mol. The zero-order valence-corrected chi connectivity index (χ0v) is 17.6. The molecule has 3 aromatic carbocycles. The monoisotopic (exact) mass is 400 g/mol. The molecule has 0 unspecified atom stereocenters. The van der Waals surface area contributed by atoms with Crippen LogP contribution >= 0.6 is 0 Å². The van der Waals surface area contributed by atoms with E-state index in [1.807, 2.05) is 105 Å². The smallest absolute Gasteiger partial charge is 0.312 e. The van der Waals surface area contributed by atoms with Crippen LogP contribution in [-0.4, -0.2) is 27.7 Å². The molecule has 0 spiro atoms. The highest BCUT2D eigenvalue weighted by atomic mass is 16.2. The first-order valence-electron chi connectivity index (χ1n) is 10.3. The number of benzene rings is 3. The molecule has 0 saturated carbocycles. The first-order valence-corrected chi connectivity index (χ1v) is 10.3. The van der Waals surface area contributed by atoms with E-state index in [9.17, 15) is 9.59 Å². The molecule has 4 heteroatoms. The van der Waals surface area contributed by atoms with Crippen molar-refractivity contribution in [2.45, 2.75) is 39.5 Å². The number of carbonyl (C=O) groups is 2. The molecule has 0 atom stereocenters. The Bertz CT molecular complexity index is 899. The molecule has 0 radical (unpaired) electrons. The minimum absolute atomic E-state index is 0.0862. The number of hydrogen-bond acceptors (Lipinski definition) is 2. The van der Waals surface area contributed by atoms with Gasteiger partial charge in [0, 0.05) is 25.7 Å². The van der Waals surface area contributed by atoms with Crippen molar-refractivity contribution in [1.29, 1.82) is 0 Å². The van der Waals surface area contributed by atoms with Crippen molar-refractivity contribution in [2.75, 3.05) is 0 Å². The summed E-state index contributed by atoms with van der Waals surface area (Å²) in [5.74, 6) is -0.951. The van der Waals surface area contributed by atoms with E-state index >= 15 is 0 Å². The van der Waals surface area contributed by atoms with Gasteiger partial charge in [-0.05, 0) is 30.5 Å². The fourth-order valence-corrected chi connectivity index (χ4v) is 3.33. The third kappa shape index (κ3) is 5.80. The summed E-state index contributed by atoms with van der Waals surface area (Å²) in [6.45, 7) is 5.06. The van der Waals surface area contributed by atoms with Gasteiger partial charge in [-0.2, -0.15) is 0 Å². The number of nitrogens with zero attached hydrogens (tertiary/aromatic N) is 2. The van der Waals surface area contributed by atoms with Gasteiger partial charge in [0.15, 0.2) is 0 Å². The Morgan fingerprint density at radius 2 is 0.967 bits per heavy atom. The number of amides is 2. The largest absolute Gasteiger partial charge is 0.328 e. The van der Waals surface area contributed by atoms with Crippen LogP contribution in [0.2, 0.25) is 0 Å². The average Bonchev–Trinajstić information content (AvgIpc) is 2.78. The lowest BCUT2D eigenvalue weighted by molar-refractivity contribution is -0.154. The van der Waals surface area contributed by atoms with Crippen LogP contribution in [0.4, 0.5) is 0 Å². The predicted octanol–water partition coefficient (Wildman–Crippen LogP) is 4.65. The maximum atomic E-state index is 13.3. The molecule has 0 N–H and O–H groups in total. The number of hydrogen-bond donors (Lipinski definition) is 0. The van der Waals surface area contributed by atoms with E-state index in [1.54, 1.807) is 9.80 Å². The standard InChI is InChI=1S/C26H28N2O2/c1-21(2)28(20-24-16-10-5-11-17-24)26(30)25(29)27(18-22-12-6-3-7-13-22)19-23-14-8-4-9-15-23/h3-17,21H,18-20H2,1-2H3. The Morgan fingerprint density at radius 3 is 1.33 bits per heavy atom. The molecule has 0 heterocycles. The van der Waals surface area contributed by atoms with E-state index in [-0.39, 0.29) is 6.04 Å². The summed E-state index contributed by atoms with van der Waals surface area (Å²) >= 11 is 0. The molecule has 3 rings (SSSR count). The molecule has 0 aromatic heterocycles. The SMILES string of the molecule is CC(C)N(Cc1ccccc1)C(=O)C(=O)N(Cc1ccccc1)Cc1ccccc1. The molecule has 0 aliphatic rings. The van der Waals surface area contributed by atoms with Crippen LogP contribution in [0.5, 0.6) is 0 Å². The highest BCUT2D eigenvalue weighted by Crippen LogP contribution is 2.14. The van der Waals surface area contributed by atoms with E-state index in [4.69, 9.17) is 0 Å². The predicted molar refractivity (Wildman–Crippen MR) is 119 cm³/mol. The Morgan fingerprint density at radius 1 is 0.600 bits per heavy atom. The minimum Gasteiger partial charge on any atom is -0.328 e. The summed E-state index contributed by atoms with van der Waals surface area (Å²) in [6.07, 6.45) is 0. The summed E-state index contributed by atoms with van der Waals surface area (Å²) in [6, 6.07) is 29.2. The van der Waals surface area contributed by atoms with Crippen LogP contribution in [0, 0.1) is 0 Å². The van der Waals surface area contributed by atoms with Gasteiger partial charge in [0.2, 0.25) is 0 Å². The van der Waals surface area contributed by atoms with Crippen molar-refractivity contribution in [3.05, 3.63) is 108 Å². The minimum atomic E-state index is -0.479. The molecule has 0 bridgehead atoms. The van der Waals surface area contributed by atoms with Gasteiger partial charge < -0.3 is 9.80 Å². The van der Waals surface area contributed by atoms with Crippen molar-refractivity contribution in [1.82, 2.24) is 9.80 Å². The zero-order chi connectivity index (χ0) is 21.3. The van der Waals surface area contributed by atoms with Crippen LogP contribution in [-0.2, 0) is 29.2 Å². The maximum absolute atomic E-state index is 13.3. The van der Waals surface area contributed by atoms with Gasteiger partial charge in [-0.25, -0.2) is 0 Å². The fraction of sp³-hybridized carbons (Fsp3) is 0.231. The Hall–Kier alpha value is -3.40. The van der Waals surface area contributed by atoms with E-state index < -0.39 is 11.8 Å². The lowest BCUT2D eigenvalue weighted by Gasteiger charge is -2.30.